The van der Waals surface area contributed by atoms with Gasteiger partial charge in [0.05, 0.1) is 18.4 Å². The van der Waals surface area contributed by atoms with Gasteiger partial charge in [-0.05, 0) is 12.1 Å². The third-order valence-corrected chi connectivity index (χ3v) is 1.57. The molecule has 1 aromatic rings. The molecule has 4 nitrogen and oxygen atoms in total. The van der Waals surface area contributed by atoms with E-state index in [0.29, 0.717) is 11.5 Å². The van der Waals surface area contributed by atoms with Crippen LogP contribution in [0.25, 0.3) is 0 Å². The van der Waals surface area contributed by atoms with Crippen LogP contribution in [0.5, 0.6) is 0 Å². The van der Waals surface area contributed by atoms with E-state index in [-0.39, 0.29) is 0 Å². The van der Waals surface area contributed by atoms with Crippen LogP contribution >= 0.6 is 0 Å². The molecule has 0 spiro atoms. The standard InChI is InChI=1S/C8H11F2N3O/c9-8(10,5-14)4-13-6-1-2-7(11)12-3-6/h1-3,13-14H,4-5H2,(H2,11,12). The molecule has 0 aliphatic heterocycles. The number of nitrogens with two attached hydrogens (primary N) is 1. The normalized spacial score (nSPS) is 11.4. The van der Waals surface area contributed by atoms with Gasteiger partial charge in [0.15, 0.2) is 0 Å². The van der Waals surface area contributed by atoms with Gasteiger partial charge in [0.2, 0.25) is 0 Å². The van der Waals surface area contributed by atoms with Gasteiger partial charge in [-0.25, -0.2) is 13.8 Å². The lowest BCUT2D eigenvalue weighted by atomic mass is 10.3. The second-order valence-electron chi connectivity index (χ2n) is 2.84. The molecule has 1 aromatic heterocycles. The Kier molecular flexibility index (Phi) is 3.19. The molecule has 0 aliphatic carbocycles. The van der Waals surface area contributed by atoms with E-state index in [4.69, 9.17) is 10.8 Å². The largest absolute Gasteiger partial charge is 0.390 e. The topological polar surface area (TPSA) is 71.2 Å². The van der Waals surface area contributed by atoms with Gasteiger partial charge in [0.1, 0.15) is 12.4 Å². The maximum atomic E-state index is 12.6. The number of hydrogen-bond acceptors (Lipinski definition) is 4. The van der Waals surface area contributed by atoms with Crippen LogP contribution in [0.1, 0.15) is 0 Å². The molecular formula is C8H11F2N3O. The molecule has 0 fully saturated rings. The maximum Gasteiger partial charge on any atom is 0.287 e. The number of aliphatic hydroxyl groups is 1. The van der Waals surface area contributed by atoms with Crippen molar-refractivity contribution in [3.05, 3.63) is 18.3 Å². The van der Waals surface area contributed by atoms with Gasteiger partial charge < -0.3 is 16.2 Å². The number of alkyl halides is 2. The molecule has 0 amide bonds. The summed E-state index contributed by atoms with van der Waals surface area (Å²) in [6.45, 7) is -1.81. The first-order valence-electron chi connectivity index (χ1n) is 3.97. The number of aliphatic hydroxyl groups excluding tert-OH is 1. The zero-order chi connectivity index (χ0) is 10.6. The molecular weight excluding hydrogens is 192 g/mol. The molecule has 0 saturated heterocycles. The maximum absolute atomic E-state index is 12.6. The van der Waals surface area contributed by atoms with Crippen molar-refractivity contribution in [1.82, 2.24) is 4.98 Å². The van der Waals surface area contributed by atoms with Gasteiger partial charge in [0.25, 0.3) is 5.92 Å². The van der Waals surface area contributed by atoms with Crippen molar-refractivity contribution in [2.45, 2.75) is 5.92 Å². The number of nitrogens with one attached hydrogen (secondary N) is 1. The van der Waals surface area contributed by atoms with Crippen LogP contribution in [-0.2, 0) is 0 Å². The molecule has 6 heteroatoms. The first-order chi connectivity index (χ1) is 6.53. The summed E-state index contributed by atoms with van der Waals surface area (Å²) in [6.07, 6.45) is 1.35. The fourth-order valence-electron chi connectivity index (χ4n) is 0.797. The summed E-state index contributed by atoms with van der Waals surface area (Å²) >= 11 is 0. The highest BCUT2D eigenvalue weighted by Crippen LogP contribution is 2.14. The molecule has 0 aromatic carbocycles. The van der Waals surface area contributed by atoms with Crippen molar-refractivity contribution >= 4 is 11.5 Å². The van der Waals surface area contributed by atoms with Crippen molar-refractivity contribution in [3.63, 3.8) is 0 Å². The van der Waals surface area contributed by atoms with Crippen molar-refractivity contribution in [1.29, 1.82) is 0 Å². The fraction of sp³-hybridized carbons (Fsp3) is 0.375. The summed E-state index contributed by atoms with van der Waals surface area (Å²) in [5.74, 6) is -2.80. The van der Waals surface area contributed by atoms with E-state index in [9.17, 15) is 8.78 Å². The lowest BCUT2D eigenvalue weighted by Gasteiger charge is -2.14. The molecule has 0 saturated carbocycles. The van der Waals surface area contributed by atoms with Crippen LogP contribution in [0.4, 0.5) is 20.3 Å². The number of nitrogens with zero attached hydrogens (tertiary/aromatic N) is 1. The minimum atomic E-state index is -3.12. The fourth-order valence-corrected chi connectivity index (χ4v) is 0.797. The van der Waals surface area contributed by atoms with Crippen molar-refractivity contribution < 1.29 is 13.9 Å². The number of aromatic nitrogens is 1. The quantitative estimate of drug-likeness (QED) is 0.673. The number of hydrogen-bond donors (Lipinski definition) is 3. The van der Waals surface area contributed by atoms with E-state index in [1.807, 2.05) is 0 Å². The molecule has 4 N–H and O–H groups in total. The van der Waals surface area contributed by atoms with Gasteiger partial charge >= 0.3 is 0 Å². The smallest absolute Gasteiger partial charge is 0.287 e. The van der Waals surface area contributed by atoms with E-state index in [1.165, 1.54) is 18.3 Å². The third kappa shape index (κ3) is 3.14. The van der Waals surface area contributed by atoms with Crippen LogP contribution in [0, 0.1) is 0 Å². The first kappa shape index (κ1) is 10.6. The van der Waals surface area contributed by atoms with Crippen molar-refractivity contribution in [2.75, 3.05) is 24.2 Å². The number of anilines is 2. The monoisotopic (exact) mass is 203 g/mol. The average molecular weight is 203 g/mol. The molecule has 78 valence electrons. The molecule has 0 unspecified atom stereocenters. The Hall–Kier alpha value is -1.43. The number of halogens is 2. The summed E-state index contributed by atoms with van der Waals surface area (Å²) in [7, 11) is 0. The second-order valence-corrected chi connectivity index (χ2v) is 2.84. The Bertz CT molecular complexity index is 289. The van der Waals surface area contributed by atoms with Gasteiger partial charge in [0, 0.05) is 0 Å². The zero-order valence-corrected chi connectivity index (χ0v) is 7.37. The van der Waals surface area contributed by atoms with E-state index in [2.05, 4.69) is 10.3 Å². The predicted octanol–water partition coefficient (Wildman–Crippen LogP) is 0.703. The Morgan fingerprint density at radius 2 is 2.21 bits per heavy atom. The molecule has 0 atom stereocenters. The summed E-state index contributed by atoms with van der Waals surface area (Å²) in [5.41, 5.74) is 5.75. The number of nitrogen functional groups attached to an aromatic ring is 1. The van der Waals surface area contributed by atoms with Crippen LogP contribution < -0.4 is 11.1 Å². The van der Waals surface area contributed by atoms with Gasteiger partial charge in [-0.15, -0.1) is 0 Å². The molecule has 0 radical (unpaired) electrons. The van der Waals surface area contributed by atoms with Crippen molar-refractivity contribution in [3.8, 4) is 0 Å². The Morgan fingerprint density at radius 1 is 1.50 bits per heavy atom. The lowest BCUT2D eigenvalue weighted by molar-refractivity contribution is -0.0372. The number of pyridine rings is 1. The summed E-state index contributed by atoms with van der Waals surface area (Å²) in [6, 6.07) is 3.04. The number of rotatable bonds is 4. The SMILES string of the molecule is Nc1ccc(NCC(F)(F)CO)cn1. The average Bonchev–Trinajstić information content (AvgIpc) is 2.17. The van der Waals surface area contributed by atoms with E-state index >= 15 is 0 Å². The van der Waals surface area contributed by atoms with Crippen LogP contribution in [-0.4, -0.2) is 29.2 Å². The van der Waals surface area contributed by atoms with E-state index in [0.717, 1.165) is 0 Å². The highest BCUT2D eigenvalue weighted by atomic mass is 19.3. The minimum absolute atomic E-state index is 0.324. The van der Waals surface area contributed by atoms with Crippen LogP contribution in [0.3, 0.4) is 0 Å². The van der Waals surface area contributed by atoms with E-state index < -0.39 is 19.1 Å². The second kappa shape index (κ2) is 4.19. The van der Waals surface area contributed by atoms with Gasteiger partial charge in [-0.1, -0.05) is 0 Å². The highest BCUT2D eigenvalue weighted by Gasteiger charge is 2.27. The summed E-state index contributed by atoms with van der Waals surface area (Å²) in [4.78, 5) is 3.71. The third-order valence-electron chi connectivity index (χ3n) is 1.57. The van der Waals surface area contributed by atoms with Crippen LogP contribution in [0.15, 0.2) is 18.3 Å². The summed E-state index contributed by atoms with van der Waals surface area (Å²) in [5, 5.41) is 10.7. The van der Waals surface area contributed by atoms with E-state index in [1.54, 1.807) is 0 Å². The Balaban J connectivity index is 2.50. The highest BCUT2D eigenvalue weighted by molar-refractivity contribution is 5.45. The molecule has 0 aliphatic rings. The predicted molar refractivity (Wildman–Crippen MR) is 49.2 cm³/mol. The van der Waals surface area contributed by atoms with Crippen LogP contribution in [0.2, 0.25) is 0 Å². The minimum Gasteiger partial charge on any atom is -0.390 e. The summed E-state index contributed by atoms with van der Waals surface area (Å²) < 4.78 is 25.1. The Morgan fingerprint density at radius 3 is 2.71 bits per heavy atom. The first-order valence-corrected chi connectivity index (χ1v) is 3.97. The molecule has 14 heavy (non-hydrogen) atoms. The lowest BCUT2D eigenvalue weighted by Crippen LogP contribution is -2.31. The molecule has 1 heterocycles. The molecule has 0 bridgehead atoms. The van der Waals surface area contributed by atoms with Gasteiger partial charge in [-0.2, -0.15) is 0 Å². The van der Waals surface area contributed by atoms with Gasteiger partial charge in [-0.3, -0.25) is 0 Å². The molecule has 1 rings (SSSR count). The zero-order valence-electron chi connectivity index (χ0n) is 7.37. The van der Waals surface area contributed by atoms with Crippen molar-refractivity contribution in [2.24, 2.45) is 0 Å². The Labute approximate surface area is 79.8 Å².